The zero-order valence-corrected chi connectivity index (χ0v) is 13.2. The van der Waals surface area contributed by atoms with Gasteiger partial charge in [-0.05, 0) is 44.2 Å². The van der Waals surface area contributed by atoms with Crippen molar-refractivity contribution in [3.8, 4) is 5.69 Å². The van der Waals surface area contributed by atoms with Crippen molar-refractivity contribution in [1.29, 1.82) is 0 Å². The van der Waals surface area contributed by atoms with Crippen molar-refractivity contribution >= 4 is 11.9 Å². The van der Waals surface area contributed by atoms with Gasteiger partial charge in [-0.15, -0.1) is 0 Å². The van der Waals surface area contributed by atoms with Gasteiger partial charge < -0.3 is 14.0 Å². The van der Waals surface area contributed by atoms with Crippen LogP contribution in [0.25, 0.3) is 5.69 Å². The van der Waals surface area contributed by atoms with E-state index in [1.54, 1.807) is 12.1 Å². The largest absolute Gasteiger partial charge is 0.474 e. The van der Waals surface area contributed by atoms with Gasteiger partial charge in [-0.2, -0.15) is 0 Å². The number of halogens is 1. The van der Waals surface area contributed by atoms with Gasteiger partial charge in [-0.1, -0.05) is 0 Å². The van der Waals surface area contributed by atoms with Crippen LogP contribution < -0.4 is 0 Å². The molecule has 1 aliphatic rings. The minimum Gasteiger partial charge on any atom is -0.474 e. The molecule has 1 aromatic heterocycles. The molecule has 0 bridgehead atoms. The number of methoxy groups -OCH3 is 1. The van der Waals surface area contributed by atoms with Crippen molar-refractivity contribution in [2.45, 2.75) is 19.9 Å². The van der Waals surface area contributed by atoms with E-state index < -0.39 is 12.0 Å². The second-order valence-corrected chi connectivity index (χ2v) is 5.38. The Morgan fingerprint density at radius 3 is 2.70 bits per heavy atom. The fraction of sp³-hybridized carbons (Fsp3) is 0.294. The Labute approximate surface area is 133 Å². The Morgan fingerprint density at radius 1 is 1.35 bits per heavy atom. The third kappa shape index (κ3) is 2.72. The molecule has 1 atom stereocenters. The van der Waals surface area contributed by atoms with Crippen molar-refractivity contribution in [2.24, 2.45) is 4.99 Å². The first-order valence-corrected chi connectivity index (χ1v) is 7.25. The third-order valence-electron chi connectivity index (χ3n) is 3.87. The molecule has 0 spiro atoms. The minimum absolute atomic E-state index is 0.183. The molecule has 120 valence electrons. The molecule has 0 radical (unpaired) electrons. The van der Waals surface area contributed by atoms with Gasteiger partial charge in [0.2, 0.25) is 5.90 Å². The van der Waals surface area contributed by atoms with Gasteiger partial charge in [-0.25, -0.2) is 14.2 Å². The van der Waals surface area contributed by atoms with Gasteiger partial charge in [-0.3, -0.25) is 0 Å². The molecule has 0 saturated heterocycles. The number of carbonyl (C=O) groups excluding carboxylic acids is 1. The first-order valence-electron chi connectivity index (χ1n) is 7.25. The quantitative estimate of drug-likeness (QED) is 0.818. The highest BCUT2D eigenvalue weighted by atomic mass is 19.1. The molecular formula is C17H17FN2O3. The molecule has 2 heterocycles. The molecule has 2 aromatic rings. The summed E-state index contributed by atoms with van der Waals surface area (Å²) in [7, 11) is 1.33. The van der Waals surface area contributed by atoms with Crippen LogP contribution in [0.5, 0.6) is 0 Å². The fourth-order valence-electron chi connectivity index (χ4n) is 2.74. The summed E-state index contributed by atoms with van der Waals surface area (Å²) in [4.78, 5) is 15.9. The maximum absolute atomic E-state index is 13.1. The van der Waals surface area contributed by atoms with E-state index in [9.17, 15) is 9.18 Å². The molecule has 0 fully saturated rings. The second kappa shape index (κ2) is 5.87. The molecule has 0 aliphatic carbocycles. The minimum atomic E-state index is -0.621. The summed E-state index contributed by atoms with van der Waals surface area (Å²) in [5.74, 6) is -0.255. The fourth-order valence-corrected chi connectivity index (χ4v) is 2.74. The molecule has 6 heteroatoms. The van der Waals surface area contributed by atoms with E-state index in [0.717, 1.165) is 22.6 Å². The molecule has 1 unspecified atom stereocenters. The predicted octanol–water partition coefficient (Wildman–Crippen LogP) is 2.55. The zero-order chi connectivity index (χ0) is 16.6. The van der Waals surface area contributed by atoms with E-state index in [0.29, 0.717) is 5.90 Å². The van der Waals surface area contributed by atoms with Crippen LogP contribution in [0.1, 0.15) is 17.0 Å². The average Bonchev–Trinajstić information content (AvgIpc) is 3.13. The van der Waals surface area contributed by atoms with Crippen molar-refractivity contribution in [2.75, 3.05) is 13.7 Å². The van der Waals surface area contributed by atoms with Crippen LogP contribution >= 0.6 is 0 Å². The number of nitrogens with zero attached hydrogens (tertiary/aromatic N) is 2. The van der Waals surface area contributed by atoms with Crippen LogP contribution in [0.15, 0.2) is 35.3 Å². The third-order valence-corrected chi connectivity index (χ3v) is 3.87. The topological polar surface area (TPSA) is 52.8 Å². The lowest BCUT2D eigenvalue weighted by atomic mass is 10.2. The number of hydrogen-bond acceptors (Lipinski definition) is 4. The van der Waals surface area contributed by atoms with Crippen LogP contribution in [-0.4, -0.2) is 36.2 Å². The zero-order valence-electron chi connectivity index (χ0n) is 13.2. The van der Waals surface area contributed by atoms with Crippen LogP contribution in [0, 0.1) is 19.7 Å². The summed E-state index contributed by atoms with van der Waals surface area (Å²) < 4.78 is 25.4. The van der Waals surface area contributed by atoms with E-state index in [4.69, 9.17) is 9.47 Å². The van der Waals surface area contributed by atoms with E-state index in [1.807, 2.05) is 24.5 Å². The van der Waals surface area contributed by atoms with E-state index in [1.165, 1.54) is 19.2 Å². The normalized spacial score (nSPS) is 16.9. The summed E-state index contributed by atoms with van der Waals surface area (Å²) in [6.07, 6.45) is 0. The standard InChI is InChI=1S/C17H17FN2O3/c1-10-8-14(16-19-15(9-23-16)17(21)22-3)11(2)20(10)13-6-4-12(18)5-7-13/h4-8,15H,9H2,1-3H3. The van der Waals surface area contributed by atoms with Crippen molar-refractivity contribution in [3.05, 3.63) is 53.1 Å². The lowest BCUT2D eigenvalue weighted by Crippen LogP contribution is -2.21. The van der Waals surface area contributed by atoms with Gasteiger partial charge >= 0.3 is 5.97 Å². The Balaban J connectivity index is 1.99. The molecular weight excluding hydrogens is 299 g/mol. The summed E-state index contributed by atoms with van der Waals surface area (Å²) >= 11 is 0. The molecule has 5 nitrogen and oxygen atoms in total. The Hall–Kier alpha value is -2.63. The lowest BCUT2D eigenvalue weighted by molar-refractivity contribution is -0.142. The number of rotatable bonds is 3. The SMILES string of the molecule is COC(=O)C1COC(c2cc(C)n(-c3ccc(F)cc3)c2C)=N1. The monoisotopic (exact) mass is 316 g/mol. The summed E-state index contributed by atoms with van der Waals surface area (Å²) in [5.41, 5.74) is 3.56. The predicted molar refractivity (Wildman–Crippen MR) is 83.5 cm³/mol. The van der Waals surface area contributed by atoms with Crippen molar-refractivity contribution < 1.29 is 18.7 Å². The van der Waals surface area contributed by atoms with Gasteiger partial charge in [0.1, 0.15) is 12.4 Å². The molecule has 1 aromatic carbocycles. The average molecular weight is 316 g/mol. The van der Waals surface area contributed by atoms with Gasteiger partial charge in [0, 0.05) is 17.1 Å². The lowest BCUT2D eigenvalue weighted by Gasteiger charge is -2.09. The molecule has 0 amide bonds. The Bertz CT molecular complexity index is 778. The number of aliphatic imine (C=N–C) groups is 1. The molecule has 1 aliphatic heterocycles. The molecule has 3 rings (SSSR count). The van der Waals surface area contributed by atoms with Crippen molar-refractivity contribution in [1.82, 2.24) is 4.57 Å². The van der Waals surface area contributed by atoms with Gasteiger partial charge in [0.05, 0.1) is 12.7 Å². The summed E-state index contributed by atoms with van der Waals surface area (Å²) in [6.45, 7) is 4.07. The smallest absolute Gasteiger partial charge is 0.334 e. The Morgan fingerprint density at radius 2 is 2.04 bits per heavy atom. The number of aromatic nitrogens is 1. The maximum atomic E-state index is 13.1. The maximum Gasteiger partial charge on any atom is 0.334 e. The second-order valence-electron chi connectivity index (χ2n) is 5.38. The van der Waals surface area contributed by atoms with E-state index in [2.05, 4.69) is 4.99 Å². The van der Waals surface area contributed by atoms with Crippen LogP contribution in [0.4, 0.5) is 4.39 Å². The van der Waals surface area contributed by atoms with Gasteiger partial charge in [0.25, 0.3) is 0 Å². The number of esters is 1. The molecule has 0 N–H and O–H groups in total. The van der Waals surface area contributed by atoms with Crippen molar-refractivity contribution in [3.63, 3.8) is 0 Å². The highest BCUT2D eigenvalue weighted by Crippen LogP contribution is 2.24. The number of aryl methyl sites for hydroxylation is 1. The molecule has 23 heavy (non-hydrogen) atoms. The highest BCUT2D eigenvalue weighted by molar-refractivity contribution is 5.99. The molecule has 0 saturated carbocycles. The number of carbonyl (C=O) groups is 1. The van der Waals surface area contributed by atoms with Gasteiger partial charge in [0.15, 0.2) is 6.04 Å². The number of benzene rings is 1. The summed E-state index contributed by atoms with van der Waals surface area (Å²) in [6, 6.07) is 7.59. The van der Waals surface area contributed by atoms with E-state index >= 15 is 0 Å². The summed E-state index contributed by atoms with van der Waals surface area (Å²) in [5, 5.41) is 0. The van der Waals surface area contributed by atoms with E-state index in [-0.39, 0.29) is 12.4 Å². The Kier molecular flexibility index (Phi) is 3.90. The van der Waals surface area contributed by atoms with Crippen LogP contribution in [-0.2, 0) is 14.3 Å². The number of ether oxygens (including phenoxy) is 2. The first kappa shape index (κ1) is 15.3. The number of hydrogen-bond donors (Lipinski definition) is 0. The van der Waals surface area contributed by atoms with Crippen LogP contribution in [0.3, 0.4) is 0 Å². The van der Waals surface area contributed by atoms with Crippen LogP contribution in [0.2, 0.25) is 0 Å². The first-order chi connectivity index (χ1) is 11.0. The highest BCUT2D eigenvalue weighted by Gasteiger charge is 2.29.